The first-order chi connectivity index (χ1) is 46.9. The Labute approximate surface area is 594 Å². The van der Waals surface area contributed by atoms with Gasteiger partial charge in [0, 0.05) is 25.7 Å². The van der Waals surface area contributed by atoms with E-state index in [1.807, 2.05) is 0 Å². The van der Waals surface area contributed by atoms with Gasteiger partial charge in [-0.25, -0.2) is 9.13 Å². The molecule has 0 rings (SSSR count). The summed E-state index contributed by atoms with van der Waals surface area (Å²) in [6.07, 6.45) is 58.5. The van der Waals surface area contributed by atoms with E-state index in [1.54, 1.807) is 0 Å². The zero-order valence-electron chi connectivity index (χ0n) is 63.4. The maximum atomic E-state index is 13.1. The molecular formula is C78H152O17P2. The standard InChI is InChI=1S/C78H152O17P2/c1-7-9-11-13-15-16-17-18-19-20-21-22-23-24-27-33-38-44-50-56-62-77(82)95-74(67-89-76(81)61-55-49-43-37-32-28-25-26-30-35-41-46-52-58-70(3)4)69-93-97(86,87)91-65-72(79)64-90-96(84,85)92-68-73(66-88-75(80)60-54-48-40-14-12-10-8-2)94-78(83)63-57-51-45-39-34-29-31-36-42-47-53-59-71(5)6/h70-74,79H,7-69H2,1-6H3,(H,84,85)(H,86,87)/t72-,73+,74+/m0/s1. The third kappa shape index (κ3) is 72.2. The number of carbonyl (C=O) groups is 4. The molecule has 0 aliphatic carbocycles. The molecule has 0 aromatic rings. The minimum Gasteiger partial charge on any atom is -0.462 e. The summed E-state index contributed by atoms with van der Waals surface area (Å²) in [6.45, 7) is 9.59. The highest BCUT2D eigenvalue weighted by atomic mass is 31.2. The smallest absolute Gasteiger partial charge is 0.462 e. The second-order valence-corrected chi connectivity index (χ2v) is 32.0. The molecule has 0 amide bonds. The van der Waals surface area contributed by atoms with Crippen molar-refractivity contribution in [1.82, 2.24) is 0 Å². The molecule has 0 bridgehead atoms. The Morgan fingerprint density at radius 2 is 0.474 bits per heavy atom. The number of carbonyl (C=O) groups excluding carboxylic acids is 4. The topological polar surface area (TPSA) is 237 Å². The van der Waals surface area contributed by atoms with Crippen LogP contribution in [0, 0.1) is 11.8 Å². The summed E-state index contributed by atoms with van der Waals surface area (Å²) in [6, 6.07) is 0. The number of phosphoric ester groups is 2. The molecule has 0 aromatic carbocycles. The number of phosphoric acid groups is 2. The highest BCUT2D eigenvalue weighted by Gasteiger charge is 2.30. The number of ether oxygens (including phenoxy) is 4. The lowest BCUT2D eigenvalue weighted by Gasteiger charge is -2.21. The van der Waals surface area contributed by atoms with E-state index >= 15 is 0 Å². The number of esters is 4. The van der Waals surface area contributed by atoms with Crippen LogP contribution in [0.3, 0.4) is 0 Å². The van der Waals surface area contributed by atoms with Crippen LogP contribution in [0.15, 0.2) is 0 Å². The molecule has 0 radical (unpaired) electrons. The van der Waals surface area contributed by atoms with Crippen molar-refractivity contribution in [3.63, 3.8) is 0 Å². The Balaban J connectivity index is 5.18. The number of hydrogen-bond acceptors (Lipinski definition) is 15. The zero-order chi connectivity index (χ0) is 71.4. The molecule has 0 fully saturated rings. The summed E-state index contributed by atoms with van der Waals surface area (Å²) in [4.78, 5) is 72.8. The molecule has 0 saturated carbocycles. The molecule has 0 saturated heterocycles. The molecule has 0 aliphatic heterocycles. The van der Waals surface area contributed by atoms with Crippen molar-refractivity contribution in [2.45, 2.75) is 426 Å². The fourth-order valence-electron chi connectivity index (χ4n) is 12.0. The highest BCUT2D eigenvalue weighted by Crippen LogP contribution is 2.45. The van der Waals surface area contributed by atoms with Crippen molar-refractivity contribution in [3.05, 3.63) is 0 Å². The Morgan fingerprint density at radius 1 is 0.278 bits per heavy atom. The summed E-state index contributed by atoms with van der Waals surface area (Å²) in [5.74, 6) is -0.561. The second-order valence-electron chi connectivity index (χ2n) is 29.1. The maximum absolute atomic E-state index is 13.1. The Morgan fingerprint density at radius 3 is 0.701 bits per heavy atom. The summed E-state index contributed by atoms with van der Waals surface area (Å²) in [7, 11) is -9.91. The van der Waals surface area contributed by atoms with Gasteiger partial charge >= 0.3 is 39.5 Å². The molecule has 97 heavy (non-hydrogen) atoms. The van der Waals surface area contributed by atoms with E-state index in [9.17, 15) is 43.2 Å². The van der Waals surface area contributed by atoms with Crippen LogP contribution < -0.4 is 0 Å². The third-order valence-corrected chi connectivity index (χ3v) is 20.1. The summed E-state index contributed by atoms with van der Waals surface area (Å²) in [5.41, 5.74) is 0. The Kier molecular flexibility index (Phi) is 68.4. The van der Waals surface area contributed by atoms with Crippen molar-refractivity contribution in [3.8, 4) is 0 Å². The molecule has 2 unspecified atom stereocenters. The van der Waals surface area contributed by atoms with Crippen LogP contribution in [0.5, 0.6) is 0 Å². The summed E-state index contributed by atoms with van der Waals surface area (Å²) in [5, 5.41) is 10.6. The van der Waals surface area contributed by atoms with Crippen LogP contribution in [0.2, 0.25) is 0 Å². The van der Waals surface area contributed by atoms with Gasteiger partial charge in [-0.1, -0.05) is 356 Å². The van der Waals surface area contributed by atoms with Gasteiger partial charge in [-0.3, -0.25) is 37.3 Å². The van der Waals surface area contributed by atoms with Gasteiger partial charge in [0.05, 0.1) is 26.4 Å². The molecule has 0 aromatic heterocycles. The molecule has 5 atom stereocenters. The highest BCUT2D eigenvalue weighted by molar-refractivity contribution is 7.47. The van der Waals surface area contributed by atoms with Gasteiger partial charge in [0.25, 0.3) is 0 Å². The van der Waals surface area contributed by atoms with Gasteiger partial charge in [0.15, 0.2) is 12.2 Å². The maximum Gasteiger partial charge on any atom is 0.472 e. The molecule has 576 valence electrons. The van der Waals surface area contributed by atoms with Crippen LogP contribution in [0.25, 0.3) is 0 Å². The van der Waals surface area contributed by atoms with Gasteiger partial charge < -0.3 is 33.8 Å². The lowest BCUT2D eigenvalue weighted by atomic mass is 10.0. The minimum absolute atomic E-state index is 0.106. The van der Waals surface area contributed by atoms with Crippen LogP contribution in [-0.4, -0.2) is 96.7 Å². The molecule has 0 aliphatic rings. The average molecular weight is 1420 g/mol. The van der Waals surface area contributed by atoms with E-state index in [2.05, 4.69) is 41.5 Å². The fraction of sp³-hybridized carbons (Fsp3) is 0.949. The van der Waals surface area contributed by atoms with E-state index in [4.69, 9.17) is 37.0 Å². The van der Waals surface area contributed by atoms with Crippen LogP contribution in [0.1, 0.15) is 408 Å². The SMILES string of the molecule is CCCCCCCCCCCCCCCCCCCCCCC(=O)O[C@H](COC(=O)CCCCCCCCCCCCCCCC(C)C)COP(=O)(O)OC[C@@H](O)COP(=O)(O)OC[C@@H](COC(=O)CCCCCCCCC)OC(=O)CCCCCCCCCCCCCC(C)C. The predicted octanol–water partition coefficient (Wildman–Crippen LogP) is 23.1. The summed E-state index contributed by atoms with van der Waals surface area (Å²) < 4.78 is 68.5. The molecule has 3 N–H and O–H groups in total. The van der Waals surface area contributed by atoms with Crippen LogP contribution >= 0.6 is 15.6 Å². The lowest BCUT2D eigenvalue weighted by Crippen LogP contribution is -2.30. The van der Waals surface area contributed by atoms with Crippen LogP contribution in [-0.2, 0) is 65.4 Å². The zero-order valence-corrected chi connectivity index (χ0v) is 65.2. The quantitative estimate of drug-likeness (QED) is 0.0222. The van der Waals surface area contributed by atoms with Crippen molar-refractivity contribution >= 4 is 39.5 Å². The van der Waals surface area contributed by atoms with Gasteiger partial charge in [-0.05, 0) is 37.5 Å². The molecule has 0 spiro atoms. The predicted molar refractivity (Wildman–Crippen MR) is 395 cm³/mol. The second kappa shape index (κ2) is 69.8. The van der Waals surface area contributed by atoms with Gasteiger partial charge in [-0.2, -0.15) is 0 Å². The summed E-state index contributed by atoms with van der Waals surface area (Å²) >= 11 is 0. The van der Waals surface area contributed by atoms with E-state index in [0.29, 0.717) is 25.7 Å². The molecule has 19 heteroatoms. The number of unbranched alkanes of at least 4 members (excludes halogenated alkanes) is 47. The number of aliphatic hydroxyl groups excluding tert-OH is 1. The number of hydrogen-bond donors (Lipinski definition) is 3. The van der Waals surface area contributed by atoms with E-state index in [0.717, 1.165) is 115 Å². The number of rotatable bonds is 77. The third-order valence-electron chi connectivity index (χ3n) is 18.2. The van der Waals surface area contributed by atoms with E-state index < -0.39 is 97.5 Å². The van der Waals surface area contributed by atoms with Crippen molar-refractivity contribution < 1.29 is 80.2 Å². The minimum atomic E-state index is -4.96. The lowest BCUT2D eigenvalue weighted by molar-refractivity contribution is -0.161. The normalized spacial score (nSPS) is 14.0. The fourth-order valence-corrected chi connectivity index (χ4v) is 13.6. The van der Waals surface area contributed by atoms with Gasteiger partial charge in [0.2, 0.25) is 0 Å². The first-order valence-electron chi connectivity index (χ1n) is 40.5. The van der Waals surface area contributed by atoms with Gasteiger partial charge in [-0.15, -0.1) is 0 Å². The average Bonchev–Trinajstić information content (AvgIpc) is 1.38. The largest absolute Gasteiger partial charge is 0.472 e. The van der Waals surface area contributed by atoms with E-state index in [-0.39, 0.29) is 25.7 Å². The van der Waals surface area contributed by atoms with Crippen LogP contribution in [0.4, 0.5) is 0 Å². The molecular weight excluding hydrogens is 1270 g/mol. The number of aliphatic hydroxyl groups is 1. The molecule has 0 heterocycles. The van der Waals surface area contributed by atoms with Crippen molar-refractivity contribution in [2.75, 3.05) is 39.6 Å². The first-order valence-corrected chi connectivity index (χ1v) is 43.5. The Bertz CT molecular complexity index is 1870. The van der Waals surface area contributed by atoms with Crippen molar-refractivity contribution in [1.29, 1.82) is 0 Å². The van der Waals surface area contributed by atoms with Gasteiger partial charge in [0.1, 0.15) is 19.3 Å². The first kappa shape index (κ1) is 95.1. The Hall–Kier alpha value is -1.94. The van der Waals surface area contributed by atoms with E-state index in [1.165, 1.54) is 212 Å². The van der Waals surface area contributed by atoms with Crippen molar-refractivity contribution in [2.24, 2.45) is 11.8 Å². The molecule has 17 nitrogen and oxygen atoms in total. The monoisotopic (exact) mass is 1420 g/mol.